The van der Waals surface area contributed by atoms with E-state index in [0.717, 1.165) is 38.8 Å². The van der Waals surface area contributed by atoms with E-state index in [1.807, 2.05) is 29.2 Å². The zero-order chi connectivity index (χ0) is 21.8. The van der Waals surface area contributed by atoms with Crippen LogP contribution in [0.3, 0.4) is 0 Å². The molecule has 0 bridgehead atoms. The Hall–Kier alpha value is -2.60. The number of carbonyl (C=O) groups is 2. The molecule has 2 saturated heterocycles. The van der Waals surface area contributed by atoms with Crippen molar-refractivity contribution < 1.29 is 18.7 Å². The molecule has 2 amide bonds. The van der Waals surface area contributed by atoms with Gasteiger partial charge in [-0.2, -0.15) is 0 Å². The SMILES string of the molecule is O=C(c1ccc(OC[C@H]2CCCN(C(=O)c3ccc(F)c(Cl)c3)C2)cc1)N1CCCC1. The minimum absolute atomic E-state index is 0.0468. The maximum absolute atomic E-state index is 13.4. The highest BCUT2D eigenvalue weighted by Gasteiger charge is 2.25. The van der Waals surface area contributed by atoms with Crippen molar-refractivity contribution in [3.8, 4) is 5.75 Å². The summed E-state index contributed by atoms with van der Waals surface area (Å²) >= 11 is 5.82. The van der Waals surface area contributed by atoms with Gasteiger partial charge in [0, 0.05) is 43.2 Å². The monoisotopic (exact) mass is 444 g/mol. The minimum atomic E-state index is -0.531. The van der Waals surface area contributed by atoms with Gasteiger partial charge in [0.2, 0.25) is 0 Å². The Morgan fingerprint density at radius 2 is 1.58 bits per heavy atom. The molecule has 0 N–H and O–H groups in total. The Morgan fingerprint density at radius 1 is 0.935 bits per heavy atom. The molecule has 0 spiro atoms. The third-order valence-electron chi connectivity index (χ3n) is 5.95. The second-order valence-corrected chi connectivity index (χ2v) is 8.63. The van der Waals surface area contributed by atoms with Crippen molar-refractivity contribution in [2.24, 2.45) is 5.92 Å². The van der Waals surface area contributed by atoms with Crippen LogP contribution in [-0.2, 0) is 0 Å². The molecule has 5 nitrogen and oxygen atoms in total. The van der Waals surface area contributed by atoms with E-state index in [4.69, 9.17) is 16.3 Å². The van der Waals surface area contributed by atoms with Gasteiger partial charge in [-0.3, -0.25) is 9.59 Å². The van der Waals surface area contributed by atoms with E-state index in [9.17, 15) is 14.0 Å². The summed E-state index contributed by atoms with van der Waals surface area (Å²) in [6.45, 7) is 3.40. The van der Waals surface area contributed by atoms with E-state index >= 15 is 0 Å². The highest BCUT2D eigenvalue weighted by atomic mass is 35.5. The first-order chi connectivity index (χ1) is 15.0. The second-order valence-electron chi connectivity index (χ2n) is 8.22. The average Bonchev–Trinajstić information content (AvgIpc) is 3.34. The van der Waals surface area contributed by atoms with Gasteiger partial charge < -0.3 is 14.5 Å². The zero-order valence-corrected chi connectivity index (χ0v) is 18.1. The predicted octanol–water partition coefficient (Wildman–Crippen LogP) is 4.65. The van der Waals surface area contributed by atoms with Crippen molar-refractivity contribution in [1.82, 2.24) is 9.80 Å². The van der Waals surface area contributed by atoms with E-state index < -0.39 is 5.82 Å². The number of rotatable bonds is 5. The summed E-state index contributed by atoms with van der Waals surface area (Å²) < 4.78 is 19.3. The number of hydrogen-bond donors (Lipinski definition) is 0. The number of nitrogens with zero attached hydrogens (tertiary/aromatic N) is 2. The quantitative estimate of drug-likeness (QED) is 0.674. The minimum Gasteiger partial charge on any atom is -0.493 e. The van der Waals surface area contributed by atoms with Crippen LogP contribution in [0.2, 0.25) is 5.02 Å². The van der Waals surface area contributed by atoms with Gasteiger partial charge in [0.05, 0.1) is 11.6 Å². The maximum atomic E-state index is 13.4. The van der Waals surface area contributed by atoms with E-state index in [2.05, 4.69) is 0 Å². The molecule has 2 aromatic rings. The number of halogens is 2. The topological polar surface area (TPSA) is 49.9 Å². The van der Waals surface area contributed by atoms with Gasteiger partial charge in [0.15, 0.2) is 0 Å². The largest absolute Gasteiger partial charge is 0.493 e. The lowest BCUT2D eigenvalue weighted by atomic mass is 9.98. The molecular formula is C24H26ClFN2O3. The molecule has 0 unspecified atom stereocenters. The molecule has 7 heteroatoms. The lowest BCUT2D eigenvalue weighted by Gasteiger charge is -2.32. The third kappa shape index (κ3) is 5.18. The Labute approximate surface area is 186 Å². The van der Waals surface area contributed by atoms with Gasteiger partial charge in [-0.25, -0.2) is 4.39 Å². The normalized spacial score (nSPS) is 18.8. The summed E-state index contributed by atoms with van der Waals surface area (Å²) in [7, 11) is 0. The predicted molar refractivity (Wildman–Crippen MR) is 117 cm³/mol. The Balaban J connectivity index is 1.31. The van der Waals surface area contributed by atoms with Crippen LogP contribution < -0.4 is 4.74 Å². The third-order valence-corrected chi connectivity index (χ3v) is 6.24. The van der Waals surface area contributed by atoms with Crippen molar-refractivity contribution in [2.45, 2.75) is 25.7 Å². The van der Waals surface area contributed by atoms with Crippen molar-refractivity contribution >= 4 is 23.4 Å². The Morgan fingerprint density at radius 3 is 2.29 bits per heavy atom. The molecule has 31 heavy (non-hydrogen) atoms. The molecule has 1 atom stereocenters. The summed E-state index contributed by atoms with van der Waals surface area (Å²) in [6.07, 6.45) is 4.00. The first-order valence-corrected chi connectivity index (χ1v) is 11.2. The van der Waals surface area contributed by atoms with Crippen LogP contribution >= 0.6 is 11.6 Å². The molecule has 0 radical (unpaired) electrons. The zero-order valence-electron chi connectivity index (χ0n) is 17.4. The van der Waals surface area contributed by atoms with E-state index in [1.54, 1.807) is 4.90 Å². The molecule has 0 aliphatic carbocycles. The molecule has 0 saturated carbocycles. The van der Waals surface area contributed by atoms with Crippen molar-refractivity contribution in [3.63, 3.8) is 0 Å². The van der Waals surface area contributed by atoms with Crippen LogP contribution in [0.1, 0.15) is 46.4 Å². The van der Waals surface area contributed by atoms with Crippen LogP contribution in [0.15, 0.2) is 42.5 Å². The number of likely N-dealkylation sites (tertiary alicyclic amines) is 2. The van der Waals surface area contributed by atoms with Crippen LogP contribution in [0.4, 0.5) is 4.39 Å². The number of piperidine rings is 1. The number of carbonyl (C=O) groups excluding carboxylic acids is 2. The van der Waals surface area contributed by atoms with Crippen LogP contribution in [-0.4, -0.2) is 54.4 Å². The molecule has 2 fully saturated rings. The summed E-state index contributed by atoms with van der Waals surface area (Å²) in [6, 6.07) is 11.3. The van der Waals surface area contributed by atoms with E-state index in [1.165, 1.54) is 18.2 Å². The highest BCUT2D eigenvalue weighted by Crippen LogP contribution is 2.23. The number of hydrogen-bond acceptors (Lipinski definition) is 3. The van der Waals surface area contributed by atoms with E-state index in [0.29, 0.717) is 36.6 Å². The van der Waals surface area contributed by atoms with Crippen LogP contribution in [0.5, 0.6) is 5.75 Å². The number of ether oxygens (including phenoxy) is 1. The molecule has 4 rings (SSSR count). The Kier molecular flexibility index (Phi) is 6.76. The summed E-state index contributed by atoms with van der Waals surface area (Å²) in [5.74, 6) is 0.324. The van der Waals surface area contributed by atoms with Crippen molar-refractivity contribution in [1.29, 1.82) is 0 Å². The highest BCUT2D eigenvalue weighted by molar-refractivity contribution is 6.31. The fourth-order valence-corrected chi connectivity index (χ4v) is 4.39. The fraction of sp³-hybridized carbons (Fsp3) is 0.417. The molecule has 164 valence electrons. The second kappa shape index (κ2) is 9.69. The van der Waals surface area contributed by atoms with E-state index in [-0.39, 0.29) is 22.8 Å². The smallest absolute Gasteiger partial charge is 0.253 e. The van der Waals surface area contributed by atoms with Gasteiger partial charge in [0.1, 0.15) is 11.6 Å². The van der Waals surface area contributed by atoms with Gasteiger partial charge in [0.25, 0.3) is 11.8 Å². The molecular weight excluding hydrogens is 419 g/mol. The lowest BCUT2D eigenvalue weighted by molar-refractivity contribution is 0.0633. The summed E-state index contributed by atoms with van der Waals surface area (Å²) in [5, 5.41) is -0.0468. The maximum Gasteiger partial charge on any atom is 0.253 e. The number of benzene rings is 2. The van der Waals surface area contributed by atoms with Gasteiger partial charge in [-0.1, -0.05) is 11.6 Å². The van der Waals surface area contributed by atoms with Gasteiger partial charge in [-0.15, -0.1) is 0 Å². The lowest BCUT2D eigenvalue weighted by Crippen LogP contribution is -2.41. The Bertz CT molecular complexity index is 944. The van der Waals surface area contributed by atoms with Gasteiger partial charge in [-0.05, 0) is 68.1 Å². The number of amides is 2. The van der Waals surface area contributed by atoms with Crippen molar-refractivity contribution in [3.05, 3.63) is 64.4 Å². The van der Waals surface area contributed by atoms with Crippen molar-refractivity contribution in [2.75, 3.05) is 32.8 Å². The molecule has 2 aliphatic rings. The molecule has 0 aromatic heterocycles. The molecule has 2 heterocycles. The van der Waals surface area contributed by atoms with Crippen LogP contribution in [0.25, 0.3) is 0 Å². The first-order valence-electron chi connectivity index (χ1n) is 10.8. The fourth-order valence-electron chi connectivity index (χ4n) is 4.21. The molecule has 2 aromatic carbocycles. The first kappa shape index (κ1) is 21.6. The summed E-state index contributed by atoms with van der Waals surface area (Å²) in [5.41, 5.74) is 1.08. The van der Waals surface area contributed by atoms with Crippen LogP contribution in [0, 0.1) is 11.7 Å². The van der Waals surface area contributed by atoms with Gasteiger partial charge >= 0.3 is 0 Å². The standard InChI is InChI=1S/C24H26ClFN2O3/c25-21-14-19(7-10-22(21)26)24(30)28-13-3-4-17(15-28)16-31-20-8-5-18(6-9-20)23(29)27-11-1-2-12-27/h5-10,14,17H,1-4,11-13,15-16H2/t17-/m0/s1. The average molecular weight is 445 g/mol. The summed E-state index contributed by atoms with van der Waals surface area (Å²) in [4.78, 5) is 28.9. The molecule has 2 aliphatic heterocycles.